The Bertz CT molecular complexity index is 806. The highest BCUT2D eigenvalue weighted by atomic mass is 32.2. The highest BCUT2D eigenvalue weighted by Crippen LogP contribution is 2.22. The van der Waals surface area contributed by atoms with Crippen molar-refractivity contribution in [2.75, 3.05) is 20.1 Å². The van der Waals surface area contributed by atoms with Gasteiger partial charge in [0.15, 0.2) is 0 Å². The first-order valence-corrected chi connectivity index (χ1v) is 10.8. The molecular weight excluding hydrogens is 354 g/mol. The molecule has 26 heavy (non-hydrogen) atoms. The molecule has 1 saturated heterocycles. The van der Waals surface area contributed by atoms with Gasteiger partial charge in [0.1, 0.15) is 11.4 Å². The fourth-order valence-electron chi connectivity index (χ4n) is 3.83. The first kappa shape index (κ1) is 19.1. The zero-order valence-electron chi connectivity index (χ0n) is 15.3. The topological polar surface area (TPSA) is 79.7 Å². The summed E-state index contributed by atoms with van der Waals surface area (Å²) in [5.41, 5.74) is -0.621. The van der Waals surface area contributed by atoms with E-state index in [0.717, 1.165) is 38.5 Å². The lowest BCUT2D eigenvalue weighted by molar-refractivity contribution is -0.133. The van der Waals surface area contributed by atoms with Crippen LogP contribution in [0.25, 0.3) is 0 Å². The van der Waals surface area contributed by atoms with Gasteiger partial charge in [0.25, 0.3) is 5.56 Å². The summed E-state index contributed by atoms with van der Waals surface area (Å²) in [5.74, 6) is -0.158. The summed E-state index contributed by atoms with van der Waals surface area (Å²) in [7, 11) is -2.02. The monoisotopic (exact) mass is 381 g/mol. The quantitative estimate of drug-likeness (QED) is 0.773. The molecule has 0 spiro atoms. The molecule has 0 unspecified atom stereocenters. The van der Waals surface area contributed by atoms with Crippen molar-refractivity contribution in [2.24, 2.45) is 0 Å². The summed E-state index contributed by atoms with van der Waals surface area (Å²) in [6, 6.07) is 3.07. The SMILES string of the molecule is CN(C(=O)Cn1cccc(S(=O)(=O)N2CCCC2)c1=O)C1CCCCC1. The molecule has 1 aromatic rings. The van der Waals surface area contributed by atoms with Crippen molar-refractivity contribution >= 4 is 15.9 Å². The standard InChI is InChI=1S/C18H27N3O4S/c1-19(15-8-3-2-4-9-15)17(22)14-20-11-7-10-16(18(20)23)26(24,25)21-12-5-6-13-21/h7,10-11,15H,2-6,8-9,12-14H2,1H3. The molecule has 0 aromatic carbocycles. The number of rotatable bonds is 5. The zero-order valence-corrected chi connectivity index (χ0v) is 16.1. The number of sulfonamides is 1. The second kappa shape index (κ2) is 7.92. The maximum atomic E-state index is 12.7. The van der Waals surface area contributed by atoms with Gasteiger partial charge in [-0.15, -0.1) is 0 Å². The van der Waals surface area contributed by atoms with Crippen molar-refractivity contribution in [1.29, 1.82) is 0 Å². The molecule has 1 aliphatic heterocycles. The Morgan fingerprint density at radius 2 is 1.81 bits per heavy atom. The van der Waals surface area contributed by atoms with Crippen LogP contribution >= 0.6 is 0 Å². The molecule has 2 fully saturated rings. The highest BCUT2D eigenvalue weighted by molar-refractivity contribution is 7.89. The molecule has 1 aromatic heterocycles. The van der Waals surface area contributed by atoms with Crippen LogP contribution in [0.3, 0.4) is 0 Å². The third kappa shape index (κ3) is 3.86. The van der Waals surface area contributed by atoms with E-state index in [1.165, 1.54) is 33.6 Å². The molecular formula is C18H27N3O4S. The number of aromatic nitrogens is 1. The predicted molar refractivity (Wildman–Crippen MR) is 98.3 cm³/mol. The molecule has 1 amide bonds. The van der Waals surface area contributed by atoms with Gasteiger partial charge < -0.3 is 9.47 Å². The van der Waals surface area contributed by atoms with E-state index in [1.54, 1.807) is 11.9 Å². The molecule has 8 heteroatoms. The number of pyridine rings is 1. The minimum Gasteiger partial charge on any atom is -0.341 e. The largest absolute Gasteiger partial charge is 0.341 e. The summed E-state index contributed by atoms with van der Waals surface area (Å²) < 4.78 is 27.9. The van der Waals surface area contributed by atoms with Gasteiger partial charge in [-0.25, -0.2) is 8.42 Å². The van der Waals surface area contributed by atoms with E-state index in [0.29, 0.717) is 13.1 Å². The van der Waals surface area contributed by atoms with Crippen LogP contribution in [0.4, 0.5) is 0 Å². The molecule has 1 saturated carbocycles. The van der Waals surface area contributed by atoms with Gasteiger partial charge in [0.05, 0.1) is 0 Å². The van der Waals surface area contributed by atoms with Gasteiger partial charge in [0.2, 0.25) is 15.9 Å². The van der Waals surface area contributed by atoms with Crippen LogP contribution in [0.15, 0.2) is 28.0 Å². The maximum Gasteiger partial charge on any atom is 0.271 e. The minimum absolute atomic E-state index is 0.130. The smallest absolute Gasteiger partial charge is 0.271 e. The van der Waals surface area contributed by atoms with E-state index in [9.17, 15) is 18.0 Å². The van der Waals surface area contributed by atoms with Gasteiger partial charge in [-0.3, -0.25) is 9.59 Å². The summed E-state index contributed by atoms with van der Waals surface area (Å²) in [4.78, 5) is 26.8. The van der Waals surface area contributed by atoms with Crippen LogP contribution in [0.5, 0.6) is 0 Å². The van der Waals surface area contributed by atoms with Crippen LogP contribution in [0, 0.1) is 0 Å². The number of carbonyl (C=O) groups is 1. The Morgan fingerprint density at radius 3 is 2.46 bits per heavy atom. The second-order valence-electron chi connectivity index (χ2n) is 7.21. The number of hydrogen-bond acceptors (Lipinski definition) is 4. The first-order valence-electron chi connectivity index (χ1n) is 9.36. The van der Waals surface area contributed by atoms with Crippen molar-refractivity contribution in [3.63, 3.8) is 0 Å². The minimum atomic E-state index is -3.79. The van der Waals surface area contributed by atoms with Crippen LogP contribution in [-0.2, 0) is 21.4 Å². The lowest BCUT2D eigenvalue weighted by Crippen LogP contribution is -2.42. The van der Waals surface area contributed by atoms with E-state index in [4.69, 9.17) is 0 Å². The van der Waals surface area contributed by atoms with Crippen molar-refractivity contribution in [3.05, 3.63) is 28.7 Å². The molecule has 2 heterocycles. The average Bonchev–Trinajstić information content (AvgIpc) is 3.19. The number of nitrogens with zero attached hydrogens (tertiary/aromatic N) is 3. The molecule has 144 valence electrons. The fraction of sp³-hybridized carbons (Fsp3) is 0.667. The van der Waals surface area contributed by atoms with Crippen molar-refractivity contribution in [2.45, 2.75) is 62.4 Å². The maximum absolute atomic E-state index is 12.7. The van der Waals surface area contributed by atoms with Crippen molar-refractivity contribution in [3.8, 4) is 0 Å². The molecule has 2 aliphatic rings. The molecule has 0 atom stereocenters. The number of carbonyl (C=O) groups excluding carboxylic acids is 1. The van der Waals surface area contributed by atoms with Crippen LogP contribution in [0.1, 0.15) is 44.9 Å². The van der Waals surface area contributed by atoms with Gasteiger partial charge >= 0.3 is 0 Å². The van der Waals surface area contributed by atoms with Crippen LogP contribution in [-0.4, -0.2) is 54.3 Å². The van der Waals surface area contributed by atoms with Crippen LogP contribution < -0.4 is 5.56 Å². The Labute approximate surface area is 154 Å². The fourth-order valence-corrected chi connectivity index (χ4v) is 5.44. The third-order valence-corrected chi connectivity index (χ3v) is 7.40. The lowest BCUT2D eigenvalue weighted by atomic mass is 9.94. The Kier molecular flexibility index (Phi) is 5.82. The van der Waals surface area contributed by atoms with Crippen molar-refractivity contribution in [1.82, 2.24) is 13.8 Å². The normalized spacial score (nSPS) is 19.6. The summed E-state index contributed by atoms with van der Waals surface area (Å²) in [6.45, 7) is 0.759. The van der Waals surface area contributed by atoms with Gasteiger partial charge in [-0.2, -0.15) is 4.31 Å². The Morgan fingerprint density at radius 1 is 1.15 bits per heavy atom. The van der Waals surface area contributed by atoms with E-state index < -0.39 is 15.6 Å². The third-order valence-electron chi connectivity index (χ3n) is 5.49. The molecule has 0 bridgehead atoms. The summed E-state index contributed by atoms with van der Waals surface area (Å²) in [5, 5.41) is 0. The van der Waals surface area contributed by atoms with Gasteiger partial charge in [-0.05, 0) is 37.8 Å². The van der Waals surface area contributed by atoms with E-state index in [1.807, 2.05) is 0 Å². The molecule has 0 radical (unpaired) electrons. The average molecular weight is 381 g/mol. The van der Waals surface area contributed by atoms with Crippen molar-refractivity contribution < 1.29 is 13.2 Å². The molecule has 3 rings (SSSR count). The van der Waals surface area contributed by atoms with Crippen LogP contribution in [0.2, 0.25) is 0 Å². The zero-order chi connectivity index (χ0) is 18.7. The second-order valence-corrected chi connectivity index (χ2v) is 9.12. The molecule has 7 nitrogen and oxygen atoms in total. The highest BCUT2D eigenvalue weighted by Gasteiger charge is 2.30. The molecule has 1 aliphatic carbocycles. The van der Waals surface area contributed by atoms with E-state index in [2.05, 4.69) is 0 Å². The first-order chi connectivity index (χ1) is 12.4. The van der Waals surface area contributed by atoms with Gasteiger partial charge in [0, 0.05) is 32.4 Å². The number of hydrogen-bond donors (Lipinski definition) is 0. The molecule has 0 N–H and O–H groups in total. The summed E-state index contributed by atoms with van der Waals surface area (Å²) >= 11 is 0. The van der Waals surface area contributed by atoms with E-state index >= 15 is 0 Å². The number of likely N-dealkylation sites (N-methyl/N-ethyl adjacent to an activating group) is 1. The lowest BCUT2D eigenvalue weighted by Gasteiger charge is -2.31. The van der Waals surface area contributed by atoms with E-state index in [-0.39, 0.29) is 23.4 Å². The Balaban J connectivity index is 1.79. The summed E-state index contributed by atoms with van der Waals surface area (Å²) in [6.07, 6.45) is 8.51. The Hall–Kier alpha value is -1.67. The van der Waals surface area contributed by atoms with Gasteiger partial charge in [-0.1, -0.05) is 19.3 Å². The predicted octanol–water partition coefficient (Wildman–Crippen LogP) is 1.42. The number of amides is 1.